The minimum absolute atomic E-state index is 1.14. The van der Waals surface area contributed by atoms with Crippen molar-refractivity contribution in [3.63, 3.8) is 0 Å². The molecule has 0 aromatic rings. The quantitative estimate of drug-likeness (QED) is 0.654. The first-order valence-electron chi connectivity index (χ1n) is 4.94. The molecule has 1 rings (SSSR count). The number of thioether (sulfide) groups is 2. The molecule has 78 valence electrons. The maximum atomic E-state index is 3.46. The Hall–Kier alpha value is 0.620. The van der Waals surface area contributed by atoms with E-state index in [1.54, 1.807) is 0 Å². The molecule has 1 fully saturated rings. The molecule has 0 aliphatic carbocycles. The van der Waals surface area contributed by atoms with E-state index in [1.807, 2.05) is 0 Å². The lowest BCUT2D eigenvalue weighted by atomic mass is 10.5. The van der Waals surface area contributed by atoms with E-state index in [4.69, 9.17) is 0 Å². The first-order valence-corrected chi connectivity index (χ1v) is 7.25. The van der Waals surface area contributed by atoms with Crippen molar-refractivity contribution in [2.75, 3.05) is 56.2 Å². The summed E-state index contributed by atoms with van der Waals surface area (Å²) in [6, 6.07) is 0. The number of nitrogens with one attached hydrogen (secondary N) is 1. The van der Waals surface area contributed by atoms with E-state index in [1.165, 1.54) is 42.6 Å². The maximum Gasteiger partial charge on any atom is 0.0104 e. The Balaban J connectivity index is 2.11. The molecule has 0 spiro atoms. The van der Waals surface area contributed by atoms with Gasteiger partial charge in [-0.3, -0.25) is 0 Å². The van der Waals surface area contributed by atoms with Crippen LogP contribution in [0.5, 0.6) is 0 Å². The van der Waals surface area contributed by atoms with Crippen molar-refractivity contribution in [2.24, 2.45) is 0 Å². The molecule has 2 nitrogen and oxygen atoms in total. The van der Waals surface area contributed by atoms with Crippen LogP contribution < -0.4 is 5.32 Å². The second-order valence-electron chi connectivity index (χ2n) is 3.28. The van der Waals surface area contributed by atoms with Crippen LogP contribution in [0, 0.1) is 0 Å². The Morgan fingerprint density at radius 3 is 2.54 bits per heavy atom. The summed E-state index contributed by atoms with van der Waals surface area (Å²) in [4.78, 5) is 2.41. The molecular formula is C9H20N2S2. The van der Waals surface area contributed by atoms with Gasteiger partial charge in [0.15, 0.2) is 0 Å². The van der Waals surface area contributed by atoms with Gasteiger partial charge in [-0.05, 0) is 7.05 Å². The first-order chi connectivity index (χ1) is 6.39. The van der Waals surface area contributed by atoms with Gasteiger partial charge in [-0.25, -0.2) is 0 Å². The molecule has 1 N–H and O–H groups in total. The van der Waals surface area contributed by atoms with Crippen LogP contribution >= 0.6 is 23.5 Å². The molecular weight excluding hydrogens is 200 g/mol. The SMILES string of the molecule is CN1CCNCCSCCSCC1. The normalized spacial score (nSPS) is 24.7. The van der Waals surface area contributed by atoms with Gasteiger partial charge in [0.05, 0.1) is 0 Å². The van der Waals surface area contributed by atoms with Gasteiger partial charge in [-0.15, -0.1) is 0 Å². The van der Waals surface area contributed by atoms with E-state index in [0.717, 1.165) is 6.54 Å². The highest BCUT2D eigenvalue weighted by molar-refractivity contribution is 8.02. The van der Waals surface area contributed by atoms with E-state index in [9.17, 15) is 0 Å². The maximum absolute atomic E-state index is 3.46. The van der Waals surface area contributed by atoms with Gasteiger partial charge < -0.3 is 10.2 Å². The summed E-state index contributed by atoms with van der Waals surface area (Å²) in [7, 11) is 2.21. The molecule has 13 heavy (non-hydrogen) atoms. The van der Waals surface area contributed by atoms with E-state index in [0.29, 0.717) is 0 Å². The third-order valence-electron chi connectivity index (χ3n) is 2.08. The van der Waals surface area contributed by atoms with Gasteiger partial charge in [0.1, 0.15) is 0 Å². The summed E-state index contributed by atoms with van der Waals surface area (Å²) >= 11 is 4.16. The van der Waals surface area contributed by atoms with Crippen molar-refractivity contribution in [1.29, 1.82) is 0 Å². The molecule has 0 aromatic carbocycles. The monoisotopic (exact) mass is 220 g/mol. The third-order valence-corrected chi connectivity index (χ3v) is 4.29. The van der Waals surface area contributed by atoms with Crippen LogP contribution in [0.4, 0.5) is 0 Å². The Morgan fingerprint density at radius 1 is 0.923 bits per heavy atom. The summed E-state index contributed by atoms with van der Waals surface area (Å²) in [5.41, 5.74) is 0. The molecule has 0 amide bonds. The molecule has 1 saturated heterocycles. The molecule has 0 unspecified atom stereocenters. The molecule has 1 heterocycles. The van der Waals surface area contributed by atoms with Crippen molar-refractivity contribution in [3.8, 4) is 0 Å². The number of hydrogen-bond acceptors (Lipinski definition) is 4. The average molecular weight is 220 g/mol. The van der Waals surface area contributed by atoms with Crippen molar-refractivity contribution in [1.82, 2.24) is 10.2 Å². The third kappa shape index (κ3) is 6.66. The van der Waals surface area contributed by atoms with Crippen molar-refractivity contribution in [2.45, 2.75) is 0 Å². The van der Waals surface area contributed by atoms with Gasteiger partial charge in [0.25, 0.3) is 0 Å². The van der Waals surface area contributed by atoms with E-state index in [-0.39, 0.29) is 0 Å². The molecule has 0 aromatic heterocycles. The van der Waals surface area contributed by atoms with Gasteiger partial charge >= 0.3 is 0 Å². The highest BCUT2D eigenvalue weighted by Crippen LogP contribution is 2.06. The smallest absolute Gasteiger partial charge is 0.0104 e. The Morgan fingerprint density at radius 2 is 1.69 bits per heavy atom. The van der Waals surface area contributed by atoms with Crippen molar-refractivity contribution < 1.29 is 0 Å². The molecule has 0 saturated carbocycles. The minimum atomic E-state index is 1.14. The fourth-order valence-electron chi connectivity index (χ4n) is 1.19. The molecule has 1 aliphatic rings. The fraction of sp³-hybridized carbons (Fsp3) is 1.00. The van der Waals surface area contributed by atoms with Gasteiger partial charge in [0, 0.05) is 49.2 Å². The molecule has 0 atom stereocenters. The minimum Gasteiger partial charge on any atom is -0.315 e. The van der Waals surface area contributed by atoms with Crippen LogP contribution in [0.2, 0.25) is 0 Å². The topological polar surface area (TPSA) is 15.3 Å². The molecule has 0 bridgehead atoms. The average Bonchev–Trinajstić information content (AvgIpc) is 2.11. The van der Waals surface area contributed by atoms with Gasteiger partial charge in [-0.2, -0.15) is 23.5 Å². The van der Waals surface area contributed by atoms with Gasteiger partial charge in [0.2, 0.25) is 0 Å². The lowest BCUT2D eigenvalue weighted by molar-refractivity contribution is 0.353. The number of likely N-dealkylation sites (N-methyl/N-ethyl adjacent to an activating group) is 1. The molecule has 4 heteroatoms. The number of nitrogens with zero attached hydrogens (tertiary/aromatic N) is 1. The zero-order chi connectivity index (χ0) is 9.36. The van der Waals surface area contributed by atoms with Crippen LogP contribution in [0.1, 0.15) is 0 Å². The van der Waals surface area contributed by atoms with Crippen LogP contribution in [-0.2, 0) is 0 Å². The van der Waals surface area contributed by atoms with Gasteiger partial charge in [-0.1, -0.05) is 0 Å². The van der Waals surface area contributed by atoms with Crippen molar-refractivity contribution in [3.05, 3.63) is 0 Å². The molecule has 1 aliphatic heterocycles. The highest BCUT2D eigenvalue weighted by Gasteiger charge is 1.99. The van der Waals surface area contributed by atoms with Crippen LogP contribution in [0.15, 0.2) is 0 Å². The zero-order valence-corrected chi connectivity index (χ0v) is 10.1. The Labute approximate surface area is 90.2 Å². The largest absolute Gasteiger partial charge is 0.315 e. The Kier molecular flexibility index (Phi) is 7.17. The summed E-state index contributed by atoms with van der Waals surface area (Å²) in [6.07, 6.45) is 0. The molecule has 0 radical (unpaired) electrons. The standard InChI is InChI=1S/C9H20N2S2/c1-11-4-2-10-3-6-12-8-9-13-7-5-11/h10H,2-9H2,1H3. The number of hydrogen-bond donors (Lipinski definition) is 1. The summed E-state index contributed by atoms with van der Waals surface area (Å²) in [5, 5.41) is 3.46. The lowest BCUT2D eigenvalue weighted by Crippen LogP contribution is -2.32. The zero-order valence-electron chi connectivity index (χ0n) is 8.42. The number of rotatable bonds is 0. The van der Waals surface area contributed by atoms with E-state index < -0.39 is 0 Å². The van der Waals surface area contributed by atoms with Crippen molar-refractivity contribution >= 4 is 23.5 Å². The Bertz CT molecular complexity index is 110. The predicted molar refractivity (Wildman–Crippen MR) is 65.0 cm³/mol. The fourth-order valence-corrected chi connectivity index (χ4v) is 3.27. The van der Waals surface area contributed by atoms with E-state index in [2.05, 4.69) is 40.8 Å². The van der Waals surface area contributed by atoms with Crippen LogP contribution in [0.25, 0.3) is 0 Å². The van der Waals surface area contributed by atoms with E-state index >= 15 is 0 Å². The summed E-state index contributed by atoms with van der Waals surface area (Å²) in [5.74, 6) is 5.19. The predicted octanol–water partition coefficient (Wildman–Crippen LogP) is 0.988. The van der Waals surface area contributed by atoms with Crippen LogP contribution in [-0.4, -0.2) is 61.1 Å². The second-order valence-corrected chi connectivity index (χ2v) is 5.73. The summed E-state index contributed by atoms with van der Waals surface area (Å²) < 4.78 is 0. The second kappa shape index (κ2) is 7.97. The van der Waals surface area contributed by atoms with Crippen LogP contribution in [0.3, 0.4) is 0 Å². The summed E-state index contributed by atoms with van der Waals surface area (Å²) in [6.45, 7) is 4.73. The lowest BCUT2D eigenvalue weighted by Gasteiger charge is -2.17. The highest BCUT2D eigenvalue weighted by atomic mass is 32.2. The first kappa shape index (κ1) is 11.7.